The minimum Gasteiger partial charge on any atom is -0.378 e. The number of halogens is 1. The lowest BCUT2D eigenvalue weighted by molar-refractivity contribution is 0.0839. The van der Waals surface area contributed by atoms with E-state index in [9.17, 15) is 8.42 Å². The zero-order chi connectivity index (χ0) is 21.6. The Morgan fingerprint density at radius 2 is 1.80 bits per heavy atom. The van der Waals surface area contributed by atoms with Crippen LogP contribution in [0.2, 0.25) is 5.28 Å². The van der Waals surface area contributed by atoms with Gasteiger partial charge in [0.1, 0.15) is 5.82 Å². The smallest absolute Gasteiger partial charge is 0.226 e. The van der Waals surface area contributed by atoms with Crippen LogP contribution in [0.1, 0.15) is 19.7 Å². The number of hydrogen-bond acceptors (Lipinski definition) is 8. The molecule has 0 saturated carbocycles. The van der Waals surface area contributed by atoms with Gasteiger partial charge < -0.3 is 14.2 Å². The first-order valence-corrected chi connectivity index (χ1v) is 12.3. The number of piperazine rings is 1. The molecule has 2 aliphatic rings. The van der Waals surface area contributed by atoms with Crippen LogP contribution < -0.4 is 4.90 Å². The molecule has 0 aromatic carbocycles. The van der Waals surface area contributed by atoms with E-state index in [4.69, 9.17) is 21.3 Å². The molecule has 4 rings (SSSR count). The van der Waals surface area contributed by atoms with Crippen molar-refractivity contribution in [2.24, 2.45) is 7.05 Å². The van der Waals surface area contributed by atoms with Crippen molar-refractivity contribution in [2.75, 3.05) is 50.5 Å². The Bertz CT molecular complexity index is 1040. The Balaban J connectivity index is 1.63. The summed E-state index contributed by atoms with van der Waals surface area (Å²) < 4.78 is 33.1. The third-order valence-corrected chi connectivity index (χ3v) is 7.43. The van der Waals surface area contributed by atoms with Crippen molar-refractivity contribution >= 4 is 38.6 Å². The summed E-state index contributed by atoms with van der Waals surface area (Å²) in [6, 6.07) is -0.0202. The van der Waals surface area contributed by atoms with Crippen LogP contribution in [0.5, 0.6) is 0 Å². The molecule has 30 heavy (non-hydrogen) atoms. The SMILES string of the molecule is CC1CN(Cc2nc3c(N4CCOCC4)nc(Cl)nc3n2C)[C@@H](C)CN1S(C)(=O)=O. The van der Waals surface area contributed by atoms with Gasteiger partial charge in [-0.2, -0.15) is 14.3 Å². The molecule has 2 aromatic rings. The summed E-state index contributed by atoms with van der Waals surface area (Å²) in [4.78, 5) is 18.1. The average molecular weight is 458 g/mol. The van der Waals surface area contributed by atoms with Crippen molar-refractivity contribution in [3.8, 4) is 0 Å². The molecule has 2 aromatic heterocycles. The normalized spacial score (nSPS) is 24.6. The molecule has 2 atom stereocenters. The van der Waals surface area contributed by atoms with Gasteiger partial charge in [-0.15, -0.1) is 0 Å². The molecule has 0 spiro atoms. The Morgan fingerprint density at radius 1 is 1.10 bits per heavy atom. The summed E-state index contributed by atoms with van der Waals surface area (Å²) in [5.41, 5.74) is 1.43. The molecule has 2 fully saturated rings. The van der Waals surface area contributed by atoms with Crippen LogP contribution in [0.3, 0.4) is 0 Å². The molecule has 0 bridgehead atoms. The second-order valence-electron chi connectivity index (χ2n) is 8.14. The van der Waals surface area contributed by atoms with Gasteiger partial charge in [0, 0.05) is 45.3 Å². The highest BCUT2D eigenvalue weighted by Crippen LogP contribution is 2.27. The molecule has 2 aliphatic heterocycles. The van der Waals surface area contributed by atoms with Gasteiger partial charge in [0.05, 0.1) is 26.0 Å². The van der Waals surface area contributed by atoms with Crippen molar-refractivity contribution in [1.29, 1.82) is 0 Å². The van der Waals surface area contributed by atoms with Crippen molar-refractivity contribution in [1.82, 2.24) is 28.7 Å². The minimum atomic E-state index is -3.22. The third-order valence-electron chi connectivity index (χ3n) is 5.90. The number of rotatable bonds is 4. The molecule has 0 amide bonds. The molecular weight excluding hydrogens is 430 g/mol. The van der Waals surface area contributed by atoms with Crippen molar-refractivity contribution in [3.63, 3.8) is 0 Å². The van der Waals surface area contributed by atoms with Crippen LogP contribution in [0, 0.1) is 0 Å². The summed E-state index contributed by atoms with van der Waals surface area (Å²) in [5.74, 6) is 1.58. The topological polar surface area (TPSA) is 96.7 Å². The van der Waals surface area contributed by atoms with Crippen LogP contribution in [-0.2, 0) is 28.4 Å². The Morgan fingerprint density at radius 3 is 2.47 bits per heavy atom. The van der Waals surface area contributed by atoms with E-state index >= 15 is 0 Å². The molecule has 2 saturated heterocycles. The first-order chi connectivity index (χ1) is 14.1. The molecule has 0 N–H and O–H groups in total. The lowest BCUT2D eigenvalue weighted by Gasteiger charge is -2.42. The highest BCUT2D eigenvalue weighted by Gasteiger charge is 2.34. The van der Waals surface area contributed by atoms with Crippen LogP contribution >= 0.6 is 11.6 Å². The summed E-state index contributed by atoms with van der Waals surface area (Å²) in [7, 11) is -1.29. The molecular formula is C18H28ClN7O3S. The molecule has 1 unspecified atom stereocenters. The number of aromatic nitrogens is 4. The Labute approximate surface area is 181 Å². The van der Waals surface area contributed by atoms with Crippen molar-refractivity contribution in [2.45, 2.75) is 32.5 Å². The van der Waals surface area contributed by atoms with Crippen LogP contribution in [0.4, 0.5) is 5.82 Å². The molecule has 0 radical (unpaired) electrons. The van der Waals surface area contributed by atoms with E-state index in [0.717, 1.165) is 30.2 Å². The number of morpholine rings is 1. The van der Waals surface area contributed by atoms with Crippen LogP contribution in [0.15, 0.2) is 0 Å². The highest BCUT2D eigenvalue weighted by molar-refractivity contribution is 7.88. The van der Waals surface area contributed by atoms with Gasteiger partial charge in [0.25, 0.3) is 0 Å². The van der Waals surface area contributed by atoms with E-state index in [0.29, 0.717) is 38.5 Å². The van der Waals surface area contributed by atoms with Gasteiger partial charge >= 0.3 is 0 Å². The third kappa shape index (κ3) is 4.13. The Kier molecular flexibility index (Phi) is 5.92. The van der Waals surface area contributed by atoms with E-state index in [1.165, 1.54) is 6.26 Å². The van der Waals surface area contributed by atoms with Crippen LogP contribution in [0.25, 0.3) is 11.2 Å². The largest absolute Gasteiger partial charge is 0.378 e. The lowest BCUT2D eigenvalue weighted by Crippen LogP contribution is -2.57. The van der Waals surface area contributed by atoms with Gasteiger partial charge in [-0.05, 0) is 25.4 Å². The molecule has 0 aliphatic carbocycles. The van der Waals surface area contributed by atoms with Gasteiger partial charge in [0.15, 0.2) is 17.0 Å². The summed E-state index contributed by atoms with van der Waals surface area (Å²) >= 11 is 6.22. The fraction of sp³-hybridized carbons (Fsp3) is 0.722. The zero-order valence-corrected chi connectivity index (χ0v) is 19.3. The van der Waals surface area contributed by atoms with Crippen molar-refractivity contribution < 1.29 is 13.2 Å². The highest BCUT2D eigenvalue weighted by atomic mass is 35.5. The number of aryl methyl sites for hydroxylation is 1. The fourth-order valence-electron chi connectivity index (χ4n) is 4.23. The number of hydrogen-bond donors (Lipinski definition) is 0. The van der Waals surface area contributed by atoms with Gasteiger partial charge in [-0.3, -0.25) is 4.90 Å². The first kappa shape index (κ1) is 21.7. The van der Waals surface area contributed by atoms with Crippen LogP contribution in [-0.4, -0.2) is 94.9 Å². The van der Waals surface area contributed by atoms with Crippen molar-refractivity contribution in [3.05, 3.63) is 11.1 Å². The fourth-order valence-corrected chi connectivity index (χ4v) is 5.60. The summed E-state index contributed by atoms with van der Waals surface area (Å²) in [6.45, 7) is 8.43. The maximum atomic E-state index is 12.0. The second kappa shape index (κ2) is 8.19. The number of imidazole rings is 1. The quantitative estimate of drug-likeness (QED) is 0.619. The van der Waals surface area contributed by atoms with E-state index in [1.54, 1.807) is 4.31 Å². The van der Waals surface area contributed by atoms with E-state index in [2.05, 4.69) is 19.8 Å². The predicted octanol–water partition coefficient (Wildman–Crippen LogP) is 0.708. The Hall–Kier alpha value is -1.53. The number of anilines is 1. The minimum absolute atomic E-state index is 0.0733. The zero-order valence-electron chi connectivity index (χ0n) is 17.7. The predicted molar refractivity (Wildman–Crippen MR) is 115 cm³/mol. The molecule has 10 nitrogen and oxygen atoms in total. The average Bonchev–Trinajstić information content (AvgIpc) is 2.99. The van der Waals surface area contributed by atoms with E-state index in [1.807, 2.05) is 25.5 Å². The second-order valence-corrected chi connectivity index (χ2v) is 10.4. The first-order valence-electron chi connectivity index (χ1n) is 10.1. The summed E-state index contributed by atoms with van der Waals surface area (Å²) in [6.07, 6.45) is 1.27. The standard InChI is InChI=1S/C18H28ClN7O3S/c1-12-10-26(30(4,27)28)13(2)9-25(12)11-14-20-15-16(23(14)3)21-18(19)22-17(15)24-5-7-29-8-6-24/h12-13H,5-11H2,1-4H3/t12-,13?/m0/s1. The molecule has 12 heteroatoms. The maximum absolute atomic E-state index is 12.0. The van der Waals surface area contributed by atoms with E-state index in [-0.39, 0.29) is 17.4 Å². The lowest BCUT2D eigenvalue weighted by atomic mass is 10.1. The van der Waals surface area contributed by atoms with Gasteiger partial charge in [-0.25, -0.2) is 13.4 Å². The molecule has 166 valence electrons. The van der Waals surface area contributed by atoms with Gasteiger partial charge in [0.2, 0.25) is 15.3 Å². The van der Waals surface area contributed by atoms with Gasteiger partial charge in [-0.1, -0.05) is 0 Å². The number of ether oxygens (including phenoxy) is 1. The number of fused-ring (bicyclic) bond motifs is 1. The van der Waals surface area contributed by atoms with E-state index < -0.39 is 10.0 Å². The number of sulfonamides is 1. The molecule has 4 heterocycles. The summed E-state index contributed by atoms with van der Waals surface area (Å²) in [5, 5.41) is 0.197. The monoisotopic (exact) mass is 457 g/mol. The number of nitrogens with zero attached hydrogens (tertiary/aromatic N) is 7. The maximum Gasteiger partial charge on any atom is 0.226 e.